The van der Waals surface area contributed by atoms with Crippen molar-refractivity contribution in [2.75, 3.05) is 27.9 Å². The zero-order chi connectivity index (χ0) is 10.3. The molecule has 0 aliphatic rings. The van der Waals surface area contributed by atoms with Crippen molar-refractivity contribution in [3.8, 4) is 0 Å². The third-order valence-electron chi connectivity index (χ3n) is 1.94. The van der Waals surface area contributed by atoms with E-state index in [0.717, 1.165) is 6.42 Å². The highest BCUT2D eigenvalue weighted by Crippen LogP contribution is 2.15. The molecule has 0 bridgehead atoms. The van der Waals surface area contributed by atoms with E-state index in [1.165, 1.54) is 21.3 Å². The van der Waals surface area contributed by atoms with Crippen LogP contribution in [-0.4, -0.2) is 47.5 Å². The van der Waals surface area contributed by atoms with E-state index in [4.69, 9.17) is 19.0 Å². The lowest BCUT2D eigenvalue weighted by atomic mass is 10.3. The van der Waals surface area contributed by atoms with E-state index < -0.39 is 14.5 Å². The molecule has 0 saturated carbocycles. The second-order valence-electron chi connectivity index (χ2n) is 2.66. The molecule has 0 radical (unpaired) electrons. The first-order chi connectivity index (χ1) is 6.16. The van der Waals surface area contributed by atoms with E-state index >= 15 is 0 Å². The molecule has 0 aromatic carbocycles. The number of hydrogen-bond acceptors (Lipinski definition) is 5. The van der Waals surface area contributed by atoms with E-state index in [9.17, 15) is 5.11 Å². The summed E-state index contributed by atoms with van der Waals surface area (Å²) in [5.74, 6) is 0. The van der Waals surface area contributed by atoms with Gasteiger partial charge in [0.2, 0.25) is 0 Å². The van der Waals surface area contributed by atoms with Gasteiger partial charge in [-0.1, -0.05) is 0 Å². The molecule has 1 atom stereocenters. The molecule has 0 aliphatic carbocycles. The Morgan fingerprint density at radius 1 is 1.23 bits per heavy atom. The largest absolute Gasteiger partial charge is 0.530 e. The number of aliphatic hydroxyl groups excluding tert-OH is 1. The van der Waals surface area contributed by atoms with E-state index in [-0.39, 0.29) is 0 Å². The quantitative estimate of drug-likeness (QED) is 0.553. The molecule has 6 heteroatoms. The second-order valence-corrected chi connectivity index (χ2v) is 5.76. The van der Waals surface area contributed by atoms with Crippen molar-refractivity contribution in [2.45, 2.75) is 18.6 Å². The summed E-state index contributed by atoms with van der Waals surface area (Å²) >= 11 is 0. The van der Waals surface area contributed by atoms with Crippen LogP contribution in [0.5, 0.6) is 0 Å². The van der Waals surface area contributed by atoms with Crippen molar-refractivity contribution in [1.29, 1.82) is 0 Å². The Morgan fingerprint density at radius 2 is 1.69 bits per heavy atom. The van der Waals surface area contributed by atoms with Crippen LogP contribution in [0.1, 0.15) is 12.8 Å². The van der Waals surface area contributed by atoms with Crippen LogP contribution >= 0.6 is 0 Å². The summed E-state index contributed by atoms with van der Waals surface area (Å²) in [6.07, 6.45) is 1.27. The number of rotatable bonds is 7. The summed E-state index contributed by atoms with van der Waals surface area (Å²) in [5.41, 5.74) is 4.63. The van der Waals surface area contributed by atoms with Gasteiger partial charge in [-0.05, 0) is 19.4 Å². The Hall–Kier alpha value is 0.0169. The van der Waals surface area contributed by atoms with Crippen LogP contribution in [0.4, 0.5) is 0 Å². The highest BCUT2D eigenvalue weighted by Gasteiger charge is 2.46. The average molecular weight is 209 g/mol. The summed E-state index contributed by atoms with van der Waals surface area (Å²) in [7, 11) is 1.57. The molecule has 0 aliphatic heterocycles. The third-order valence-corrected chi connectivity index (χ3v) is 4.76. The van der Waals surface area contributed by atoms with Gasteiger partial charge in [-0.15, -0.1) is 0 Å². The summed E-state index contributed by atoms with van der Waals surface area (Å²) in [5, 5.41) is 9.72. The zero-order valence-corrected chi connectivity index (χ0v) is 9.45. The molecule has 0 amide bonds. The van der Waals surface area contributed by atoms with Gasteiger partial charge in [0, 0.05) is 21.3 Å². The number of nitrogens with two attached hydrogens (primary N) is 1. The van der Waals surface area contributed by atoms with Crippen LogP contribution in [-0.2, 0) is 13.3 Å². The smallest absolute Gasteiger partial charge is 0.389 e. The normalized spacial score (nSPS) is 14.5. The molecule has 3 N–H and O–H groups in total. The summed E-state index contributed by atoms with van der Waals surface area (Å²) in [6, 6.07) is 0. The van der Waals surface area contributed by atoms with E-state index in [1.807, 2.05) is 0 Å². The first-order valence-electron chi connectivity index (χ1n) is 4.20. The molecule has 80 valence electrons. The van der Waals surface area contributed by atoms with Gasteiger partial charge in [0.15, 0.2) is 0 Å². The predicted octanol–water partition coefficient (Wildman–Crippen LogP) is -0.496. The Bertz CT molecular complexity index is 123. The van der Waals surface area contributed by atoms with Crippen molar-refractivity contribution in [2.24, 2.45) is 5.73 Å². The van der Waals surface area contributed by atoms with Gasteiger partial charge >= 0.3 is 8.80 Å². The Morgan fingerprint density at radius 3 is 2.00 bits per heavy atom. The van der Waals surface area contributed by atoms with Crippen molar-refractivity contribution in [3.63, 3.8) is 0 Å². The maximum Gasteiger partial charge on any atom is 0.530 e. The summed E-state index contributed by atoms with van der Waals surface area (Å²) in [6.45, 7) is 0.540. The van der Waals surface area contributed by atoms with Gasteiger partial charge in [-0.3, -0.25) is 0 Å². The zero-order valence-electron chi connectivity index (χ0n) is 8.45. The van der Waals surface area contributed by atoms with Crippen LogP contribution in [0, 0.1) is 0 Å². The molecule has 0 saturated heterocycles. The monoisotopic (exact) mass is 209 g/mol. The molecule has 0 heterocycles. The van der Waals surface area contributed by atoms with Crippen LogP contribution in [0.25, 0.3) is 0 Å². The van der Waals surface area contributed by atoms with Gasteiger partial charge < -0.3 is 24.1 Å². The van der Waals surface area contributed by atoms with Crippen molar-refractivity contribution in [1.82, 2.24) is 0 Å². The topological polar surface area (TPSA) is 73.9 Å². The minimum absolute atomic E-state index is 0.540. The molecule has 0 rings (SSSR count). The third kappa shape index (κ3) is 3.33. The fourth-order valence-corrected chi connectivity index (χ4v) is 3.02. The van der Waals surface area contributed by atoms with Gasteiger partial charge in [0.25, 0.3) is 0 Å². The number of hydrogen-bond donors (Lipinski definition) is 2. The predicted molar refractivity (Wildman–Crippen MR) is 51.1 cm³/mol. The van der Waals surface area contributed by atoms with Gasteiger partial charge in [0.05, 0.1) is 0 Å². The maximum atomic E-state index is 9.72. The van der Waals surface area contributed by atoms with Crippen LogP contribution in [0.15, 0.2) is 0 Å². The second kappa shape index (κ2) is 6.47. The fraction of sp³-hybridized carbons (Fsp3) is 1.00. The van der Waals surface area contributed by atoms with Crippen molar-refractivity contribution >= 4 is 8.80 Å². The van der Waals surface area contributed by atoms with Crippen LogP contribution in [0.2, 0.25) is 0 Å². The molecule has 1 unspecified atom stereocenters. The van der Waals surface area contributed by atoms with Crippen molar-refractivity contribution in [3.05, 3.63) is 0 Å². The molecular formula is C7H19NO4Si. The molecular weight excluding hydrogens is 190 g/mol. The lowest BCUT2D eigenvalue weighted by Gasteiger charge is -2.28. The van der Waals surface area contributed by atoms with Gasteiger partial charge in [0.1, 0.15) is 5.73 Å². The van der Waals surface area contributed by atoms with E-state index in [1.54, 1.807) is 0 Å². The molecule has 0 fully saturated rings. The van der Waals surface area contributed by atoms with Crippen LogP contribution in [0.3, 0.4) is 0 Å². The molecule has 0 aromatic rings. The summed E-state index contributed by atoms with van der Waals surface area (Å²) in [4.78, 5) is 0. The SMILES string of the molecule is CO[Si](OC)(OC)C(O)CCCN. The van der Waals surface area contributed by atoms with Crippen molar-refractivity contribution < 1.29 is 18.4 Å². The van der Waals surface area contributed by atoms with E-state index in [0.29, 0.717) is 13.0 Å². The van der Waals surface area contributed by atoms with E-state index in [2.05, 4.69) is 0 Å². The fourth-order valence-electron chi connectivity index (χ4n) is 1.15. The van der Waals surface area contributed by atoms with Crippen LogP contribution < -0.4 is 5.73 Å². The molecule has 13 heavy (non-hydrogen) atoms. The maximum absolute atomic E-state index is 9.72. The highest BCUT2D eigenvalue weighted by atomic mass is 28.4. The highest BCUT2D eigenvalue weighted by molar-refractivity contribution is 6.61. The molecule has 0 spiro atoms. The molecule has 5 nitrogen and oxygen atoms in total. The first-order valence-corrected chi connectivity index (χ1v) is 6.00. The lowest BCUT2D eigenvalue weighted by molar-refractivity contribution is 0.0550. The minimum atomic E-state index is -2.86. The lowest BCUT2D eigenvalue weighted by Crippen LogP contribution is -2.54. The standard InChI is InChI=1S/C7H19NO4Si/c1-10-13(11-2,12-3)7(9)5-4-6-8/h7,9H,4-6,8H2,1-3H3. The Kier molecular flexibility index (Phi) is 6.48. The van der Waals surface area contributed by atoms with Gasteiger partial charge in [-0.25, -0.2) is 0 Å². The average Bonchev–Trinajstić information content (AvgIpc) is 2.18. The minimum Gasteiger partial charge on any atom is -0.389 e. The molecule has 0 aromatic heterocycles. The Labute approximate surface area is 80.2 Å². The van der Waals surface area contributed by atoms with Gasteiger partial charge in [-0.2, -0.15) is 0 Å². The Balaban J connectivity index is 4.17. The summed E-state index contributed by atoms with van der Waals surface area (Å²) < 4.78 is 15.3. The number of aliphatic hydroxyl groups is 1. The first kappa shape index (κ1) is 13.0.